The first kappa shape index (κ1) is 18.8. The van der Waals surface area contributed by atoms with E-state index in [4.69, 9.17) is 4.74 Å². The smallest absolute Gasteiger partial charge is 0.119 e. The van der Waals surface area contributed by atoms with E-state index in [1.165, 1.54) is 75.0 Å². The Morgan fingerprint density at radius 1 is 0.778 bits per heavy atom. The maximum Gasteiger partial charge on any atom is 0.119 e. The van der Waals surface area contributed by atoms with E-state index in [0.29, 0.717) is 0 Å². The van der Waals surface area contributed by atoms with Crippen LogP contribution in [0.1, 0.15) is 82.6 Å². The third-order valence-corrected chi connectivity index (χ3v) is 7.57. The van der Waals surface area contributed by atoms with Crippen molar-refractivity contribution in [2.24, 2.45) is 17.8 Å². The summed E-state index contributed by atoms with van der Waals surface area (Å²) >= 11 is 0. The highest BCUT2D eigenvalue weighted by atomic mass is 16.5. The molecule has 2 aliphatic carbocycles. The van der Waals surface area contributed by atoms with Gasteiger partial charge in [-0.05, 0) is 90.7 Å². The van der Waals surface area contributed by atoms with E-state index < -0.39 is 0 Å². The van der Waals surface area contributed by atoms with Crippen molar-refractivity contribution in [3.05, 3.63) is 42.0 Å². The highest BCUT2D eigenvalue weighted by Gasteiger charge is 2.31. The third kappa shape index (κ3) is 4.33. The molecule has 0 saturated heterocycles. The molecule has 2 fully saturated rings. The molecule has 0 N–H and O–H groups in total. The van der Waals surface area contributed by atoms with Crippen LogP contribution in [0.3, 0.4) is 0 Å². The Labute approximate surface area is 165 Å². The molecule has 0 aliphatic heterocycles. The maximum atomic E-state index is 5.36. The number of methoxy groups -OCH3 is 1. The van der Waals surface area contributed by atoms with Gasteiger partial charge in [0, 0.05) is 0 Å². The van der Waals surface area contributed by atoms with Gasteiger partial charge in [-0.25, -0.2) is 0 Å². The molecule has 1 nitrogen and oxygen atoms in total. The molecule has 146 valence electrons. The monoisotopic (exact) mass is 364 g/mol. The zero-order valence-corrected chi connectivity index (χ0v) is 17.3. The summed E-state index contributed by atoms with van der Waals surface area (Å²) in [5.41, 5.74) is 1.55. The second kappa shape index (κ2) is 8.67. The lowest BCUT2D eigenvalue weighted by molar-refractivity contribution is 0.156. The molecule has 4 rings (SSSR count). The van der Waals surface area contributed by atoms with Gasteiger partial charge in [0.2, 0.25) is 0 Å². The zero-order valence-electron chi connectivity index (χ0n) is 17.3. The van der Waals surface area contributed by atoms with E-state index in [9.17, 15) is 0 Å². The summed E-state index contributed by atoms with van der Waals surface area (Å²) in [6.45, 7) is 2.34. The van der Waals surface area contributed by atoms with Crippen LogP contribution in [0.4, 0.5) is 0 Å². The van der Waals surface area contributed by atoms with Gasteiger partial charge in [-0.2, -0.15) is 0 Å². The molecule has 0 radical (unpaired) electrons. The van der Waals surface area contributed by atoms with E-state index in [0.717, 1.165) is 29.4 Å². The Balaban J connectivity index is 1.34. The minimum atomic E-state index is 0.768. The number of fused-ring (bicyclic) bond motifs is 1. The van der Waals surface area contributed by atoms with Crippen molar-refractivity contribution >= 4 is 10.8 Å². The number of hydrogen-bond donors (Lipinski definition) is 0. The van der Waals surface area contributed by atoms with Crippen molar-refractivity contribution in [3.8, 4) is 5.75 Å². The normalized spacial score (nSPS) is 29.0. The highest BCUT2D eigenvalue weighted by molar-refractivity contribution is 5.84. The van der Waals surface area contributed by atoms with Crippen LogP contribution in [0.2, 0.25) is 0 Å². The van der Waals surface area contributed by atoms with Crippen molar-refractivity contribution in [2.75, 3.05) is 7.11 Å². The van der Waals surface area contributed by atoms with Crippen LogP contribution in [0.15, 0.2) is 36.4 Å². The second-order valence-electron chi connectivity index (χ2n) is 9.15. The Hall–Kier alpha value is -1.50. The van der Waals surface area contributed by atoms with Gasteiger partial charge in [0.25, 0.3) is 0 Å². The van der Waals surface area contributed by atoms with E-state index in [-0.39, 0.29) is 0 Å². The fourth-order valence-corrected chi connectivity index (χ4v) is 5.90. The number of rotatable bonds is 5. The lowest BCUT2D eigenvalue weighted by atomic mass is 9.68. The molecule has 0 heterocycles. The van der Waals surface area contributed by atoms with Gasteiger partial charge in [0.1, 0.15) is 5.75 Å². The fourth-order valence-electron chi connectivity index (χ4n) is 5.90. The topological polar surface area (TPSA) is 9.23 Å². The Kier molecular flexibility index (Phi) is 6.05. The van der Waals surface area contributed by atoms with E-state index in [1.54, 1.807) is 12.7 Å². The summed E-state index contributed by atoms with van der Waals surface area (Å²) in [5.74, 6) is 4.80. The van der Waals surface area contributed by atoms with Gasteiger partial charge in [0.15, 0.2) is 0 Å². The lowest BCUT2D eigenvalue weighted by Crippen LogP contribution is -2.25. The first-order valence-electron chi connectivity index (χ1n) is 11.3. The number of hydrogen-bond acceptors (Lipinski definition) is 1. The summed E-state index contributed by atoms with van der Waals surface area (Å²) < 4.78 is 5.36. The molecule has 2 aliphatic rings. The summed E-state index contributed by atoms with van der Waals surface area (Å²) in [7, 11) is 1.74. The van der Waals surface area contributed by atoms with Gasteiger partial charge >= 0.3 is 0 Å². The van der Waals surface area contributed by atoms with Crippen LogP contribution in [-0.4, -0.2) is 7.11 Å². The summed E-state index contributed by atoms with van der Waals surface area (Å²) in [6, 6.07) is 13.5. The van der Waals surface area contributed by atoms with E-state index in [2.05, 4.69) is 43.3 Å². The van der Waals surface area contributed by atoms with Gasteiger partial charge in [0.05, 0.1) is 7.11 Å². The molecule has 0 atom stereocenters. The molecular weight excluding hydrogens is 328 g/mol. The van der Waals surface area contributed by atoms with Crippen molar-refractivity contribution in [1.82, 2.24) is 0 Å². The quantitative estimate of drug-likeness (QED) is 0.527. The molecule has 0 unspecified atom stereocenters. The Bertz CT molecular complexity index is 733. The first-order chi connectivity index (χ1) is 13.3. The van der Waals surface area contributed by atoms with Gasteiger partial charge in [-0.1, -0.05) is 56.9 Å². The van der Waals surface area contributed by atoms with Crippen LogP contribution in [0.5, 0.6) is 5.75 Å². The summed E-state index contributed by atoms with van der Waals surface area (Å²) in [5, 5.41) is 2.64. The molecule has 0 amide bonds. The minimum Gasteiger partial charge on any atom is -0.497 e. The van der Waals surface area contributed by atoms with E-state index in [1.807, 2.05) is 0 Å². The minimum absolute atomic E-state index is 0.768. The fraction of sp³-hybridized carbons (Fsp3) is 0.615. The average molecular weight is 365 g/mol. The largest absolute Gasteiger partial charge is 0.497 e. The summed E-state index contributed by atoms with van der Waals surface area (Å²) in [4.78, 5) is 0. The van der Waals surface area contributed by atoms with E-state index >= 15 is 0 Å². The zero-order chi connectivity index (χ0) is 18.6. The van der Waals surface area contributed by atoms with Crippen molar-refractivity contribution in [1.29, 1.82) is 0 Å². The molecular formula is C26H36O. The van der Waals surface area contributed by atoms with Crippen LogP contribution in [-0.2, 0) is 0 Å². The van der Waals surface area contributed by atoms with Gasteiger partial charge in [-0.15, -0.1) is 0 Å². The van der Waals surface area contributed by atoms with Crippen molar-refractivity contribution in [3.63, 3.8) is 0 Å². The molecule has 2 saturated carbocycles. The van der Waals surface area contributed by atoms with Gasteiger partial charge in [-0.3, -0.25) is 0 Å². The number of benzene rings is 2. The molecule has 0 bridgehead atoms. The molecule has 0 aromatic heterocycles. The lowest BCUT2D eigenvalue weighted by Gasteiger charge is -2.38. The van der Waals surface area contributed by atoms with Crippen LogP contribution in [0.25, 0.3) is 10.8 Å². The van der Waals surface area contributed by atoms with Gasteiger partial charge < -0.3 is 4.74 Å². The number of ether oxygens (including phenoxy) is 1. The predicted octanol–water partition coefficient (Wildman–Crippen LogP) is 7.73. The maximum absolute atomic E-state index is 5.36. The Morgan fingerprint density at radius 2 is 1.41 bits per heavy atom. The SMILES string of the molecule is CCCC1CCC(C2CCC(c3ccc4cc(OC)ccc4c3)CC2)CC1. The van der Waals surface area contributed by atoms with Crippen molar-refractivity contribution < 1.29 is 4.74 Å². The molecule has 0 spiro atoms. The van der Waals surface area contributed by atoms with Crippen molar-refractivity contribution in [2.45, 2.75) is 77.0 Å². The average Bonchev–Trinajstić information content (AvgIpc) is 2.74. The third-order valence-electron chi connectivity index (χ3n) is 7.57. The van der Waals surface area contributed by atoms with Crippen LogP contribution in [0, 0.1) is 17.8 Å². The predicted molar refractivity (Wildman–Crippen MR) is 116 cm³/mol. The second-order valence-corrected chi connectivity index (χ2v) is 9.15. The molecule has 2 aromatic rings. The highest BCUT2D eigenvalue weighted by Crippen LogP contribution is 2.44. The van der Waals surface area contributed by atoms with Crippen LogP contribution >= 0.6 is 0 Å². The standard InChI is InChI=1S/C26H36O/c1-3-4-19-5-7-20(8-6-19)21-9-11-22(12-10-21)23-13-14-25-18-26(27-2)16-15-24(25)17-23/h13-22H,3-12H2,1-2H3. The summed E-state index contributed by atoms with van der Waals surface area (Å²) in [6.07, 6.45) is 14.6. The van der Waals surface area contributed by atoms with Crippen LogP contribution < -0.4 is 4.74 Å². The molecule has 2 aromatic carbocycles. The first-order valence-corrected chi connectivity index (χ1v) is 11.3. The molecule has 27 heavy (non-hydrogen) atoms. The Morgan fingerprint density at radius 3 is 2.07 bits per heavy atom. The molecule has 1 heteroatoms.